The van der Waals surface area contributed by atoms with E-state index in [1.165, 1.54) is 29.7 Å². The number of nitrogens with two attached hydrogens (primary N) is 1. The Labute approximate surface area is 183 Å². The monoisotopic (exact) mass is 419 g/mol. The van der Waals surface area contributed by atoms with Gasteiger partial charge in [0, 0.05) is 43.8 Å². The minimum Gasteiger partial charge on any atom is -0.384 e. The Kier molecular flexibility index (Phi) is 7.21. The molecule has 1 aliphatic rings. The summed E-state index contributed by atoms with van der Waals surface area (Å²) in [5, 5.41) is 0.779. The quantitative estimate of drug-likeness (QED) is 0.331. The fraction of sp³-hybridized carbons (Fsp3) is 0.333. The van der Waals surface area contributed by atoms with Crippen LogP contribution >= 0.6 is 11.8 Å². The highest BCUT2D eigenvalue weighted by Crippen LogP contribution is 2.25. The molecule has 0 spiro atoms. The second-order valence-electron chi connectivity index (χ2n) is 7.56. The Morgan fingerprint density at radius 1 is 0.867 bits per heavy atom. The highest BCUT2D eigenvalue weighted by atomic mass is 32.2. The topological polar surface area (TPSA) is 58.3 Å². The average molecular weight is 420 g/mol. The van der Waals surface area contributed by atoms with Crippen LogP contribution in [0.15, 0.2) is 72.0 Å². The zero-order valence-corrected chi connectivity index (χ0v) is 18.1. The number of hydrogen-bond donors (Lipinski definition) is 1. The molecule has 2 heterocycles. The summed E-state index contributed by atoms with van der Waals surface area (Å²) in [6.45, 7) is 5.59. The zero-order valence-electron chi connectivity index (χ0n) is 17.3. The standard InChI is InChI=1S/C24H29N5S/c25-23-11-12-26-24(27-23)30-18-5-4-13-28-14-16-29(17-15-28)22-10-6-9-21(19-22)20-7-2-1-3-8-20/h1-3,6-12,19H,4-5,13-18H2,(H2,25,26,27). The van der Waals surface area contributed by atoms with E-state index in [4.69, 9.17) is 5.73 Å². The maximum Gasteiger partial charge on any atom is 0.189 e. The van der Waals surface area contributed by atoms with Crippen molar-refractivity contribution in [1.82, 2.24) is 14.9 Å². The van der Waals surface area contributed by atoms with E-state index in [0.717, 1.165) is 43.6 Å². The van der Waals surface area contributed by atoms with Gasteiger partial charge in [-0.3, -0.25) is 4.90 Å². The van der Waals surface area contributed by atoms with Gasteiger partial charge >= 0.3 is 0 Å². The Balaban J connectivity index is 1.19. The van der Waals surface area contributed by atoms with E-state index in [2.05, 4.69) is 74.4 Å². The number of aromatic nitrogens is 2. The largest absolute Gasteiger partial charge is 0.384 e. The van der Waals surface area contributed by atoms with Crippen molar-refractivity contribution in [3.8, 4) is 11.1 Å². The van der Waals surface area contributed by atoms with Gasteiger partial charge in [-0.15, -0.1) is 0 Å². The lowest BCUT2D eigenvalue weighted by Crippen LogP contribution is -2.46. The summed E-state index contributed by atoms with van der Waals surface area (Å²) >= 11 is 1.69. The van der Waals surface area contributed by atoms with Crippen molar-refractivity contribution in [3.05, 3.63) is 66.9 Å². The minimum atomic E-state index is 0.541. The predicted molar refractivity (Wildman–Crippen MR) is 127 cm³/mol. The molecule has 1 saturated heterocycles. The van der Waals surface area contributed by atoms with Crippen molar-refractivity contribution in [2.75, 3.05) is 49.1 Å². The second kappa shape index (κ2) is 10.5. The summed E-state index contributed by atoms with van der Waals surface area (Å²) in [7, 11) is 0. The summed E-state index contributed by atoms with van der Waals surface area (Å²) in [4.78, 5) is 13.6. The number of thioether (sulfide) groups is 1. The molecule has 0 aliphatic carbocycles. The first-order chi connectivity index (χ1) is 14.8. The minimum absolute atomic E-state index is 0.541. The van der Waals surface area contributed by atoms with Crippen LogP contribution < -0.4 is 10.6 Å². The van der Waals surface area contributed by atoms with Crippen LogP contribution in [0.25, 0.3) is 11.1 Å². The van der Waals surface area contributed by atoms with Crippen molar-refractivity contribution in [2.45, 2.75) is 18.0 Å². The van der Waals surface area contributed by atoms with Crippen LogP contribution in [0.1, 0.15) is 12.8 Å². The number of rotatable bonds is 8. The molecule has 0 amide bonds. The first-order valence-electron chi connectivity index (χ1n) is 10.6. The number of hydrogen-bond acceptors (Lipinski definition) is 6. The molecule has 3 aromatic rings. The molecule has 2 aromatic carbocycles. The SMILES string of the molecule is Nc1ccnc(SCCCCN2CCN(c3cccc(-c4ccccc4)c3)CC2)n1. The molecule has 0 bridgehead atoms. The average Bonchev–Trinajstić information content (AvgIpc) is 2.80. The van der Waals surface area contributed by atoms with Crippen LogP contribution in [0.4, 0.5) is 11.5 Å². The van der Waals surface area contributed by atoms with Crippen molar-refractivity contribution in [1.29, 1.82) is 0 Å². The number of unbranched alkanes of at least 4 members (excludes halogenated alkanes) is 1. The smallest absolute Gasteiger partial charge is 0.189 e. The summed E-state index contributed by atoms with van der Waals surface area (Å²) in [6.07, 6.45) is 4.10. The molecule has 30 heavy (non-hydrogen) atoms. The Morgan fingerprint density at radius 2 is 1.67 bits per heavy atom. The molecular weight excluding hydrogens is 390 g/mol. The molecule has 5 nitrogen and oxygen atoms in total. The summed E-state index contributed by atoms with van der Waals surface area (Å²) in [5.41, 5.74) is 9.60. The maximum absolute atomic E-state index is 5.70. The van der Waals surface area contributed by atoms with E-state index >= 15 is 0 Å². The van der Waals surface area contributed by atoms with Crippen LogP contribution in [-0.4, -0.2) is 53.3 Å². The van der Waals surface area contributed by atoms with E-state index in [9.17, 15) is 0 Å². The molecule has 0 radical (unpaired) electrons. The number of benzene rings is 2. The lowest BCUT2D eigenvalue weighted by Gasteiger charge is -2.36. The predicted octanol–water partition coefficient (Wildman–Crippen LogP) is 4.42. The molecule has 0 atom stereocenters. The van der Waals surface area contributed by atoms with E-state index in [1.54, 1.807) is 24.0 Å². The molecule has 6 heteroatoms. The van der Waals surface area contributed by atoms with Gasteiger partial charge in [0.05, 0.1) is 0 Å². The third-order valence-corrected chi connectivity index (χ3v) is 6.39. The van der Waals surface area contributed by atoms with E-state index in [0.29, 0.717) is 5.82 Å². The van der Waals surface area contributed by atoms with E-state index in [1.807, 2.05) is 0 Å². The first-order valence-corrected chi connectivity index (χ1v) is 11.6. The van der Waals surface area contributed by atoms with Crippen molar-refractivity contribution in [3.63, 3.8) is 0 Å². The molecule has 0 unspecified atom stereocenters. The lowest BCUT2D eigenvalue weighted by molar-refractivity contribution is 0.254. The maximum atomic E-state index is 5.70. The summed E-state index contributed by atoms with van der Waals surface area (Å²) in [6, 6.07) is 21.3. The van der Waals surface area contributed by atoms with E-state index in [-0.39, 0.29) is 0 Å². The van der Waals surface area contributed by atoms with Gasteiger partial charge in [0.25, 0.3) is 0 Å². The zero-order chi connectivity index (χ0) is 20.6. The summed E-state index contributed by atoms with van der Waals surface area (Å²) in [5.74, 6) is 1.58. The Bertz CT molecular complexity index is 926. The van der Waals surface area contributed by atoms with Crippen LogP contribution in [0.2, 0.25) is 0 Å². The normalized spacial score (nSPS) is 14.7. The molecule has 0 saturated carbocycles. The van der Waals surface area contributed by atoms with Crippen molar-refractivity contribution < 1.29 is 0 Å². The molecule has 1 aliphatic heterocycles. The second-order valence-corrected chi connectivity index (χ2v) is 8.63. The molecule has 156 valence electrons. The Morgan fingerprint density at radius 3 is 2.47 bits per heavy atom. The van der Waals surface area contributed by atoms with Gasteiger partial charge in [0.15, 0.2) is 5.16 Å². The van der Waals surface area contributed by atoms with Gasteiger partial charge in [-0.1, -0.05) is 54.2 Å². The fourth-order valence-electron chi connectivity index (χ4n) is 3.77. The van der Waals surface area contributed by atoms with Crippen molar-refractivity contribution >= 4 is 23.3 Å². The van der Waals surface area contributed by atoms with Crippen LogP contribution in [-0.2, 0) is 0 Å². The molecular formula is C24H29N5S. The van der Waals surface area contributed by atoms with Gasteiger partial charge in [-0.05, 0) is 48.7 Å². The Hall–Kier alpha value is -2.57. The van der Waals surface area contributed by atoms with Gasteiger partial charge in [-0.25, -0.2) is 9.97 Å². The number of nitrogen functional groups attached to an aromatic ring is 1. The molecule has 1 fully saturated rings. The summed E-state index contributed by atoms with van der Waals surface area (Å²) < 4.78 is 0. The lowest BCUT2D eigenvalue weighted by atomic mass is 10.0. The fourth-order valence-corrected chi connectivity index (χ4v) is 4.60. The molecule has 2 N–H and O–H groups in total. The van der Waals surface area contributed by atoms with Crippen LogP contribution in [0.3, 0.4) is 0 Å². The third-order valence-electron chi connectivity index (χ3n) is 5.45. The van der Waals surface area contributed by atoms with Crippen LogP contribution in [0, 0.1) is 0 Å². The van der Waals surface area contributed by atoms with E-state index < -0.39 is 0 Å². The number of anilines is 2. The van der Waals surface area contributed by atoms with Gasteiger partial charge in [-0.2, -0.15) is 0 Å². The number of nitrogens with zero attached hydrogens (tertiary/aromatic N) is 4. The van der Waals surface area contributed by atoms with Crippen molar-refractivity contribution in [2.24, 2.45) is 0 Å². The number of piperazine rings is 1. The van der Waals surface area contributed by atoms with Gasteiger partial charge in [0.1, 0.15) is 5.82 Å². The van der Waals surface area contributed by atoms with Gasteiger partial charge in [0.2, 0.25) is 0 Å². The molecule has 4 rings (SSSR count). The highest BCUT2D eigenvalue weighted by Gasteiger charge is 2.17. The molecule has 1 aromatic heterocycles. The highest BCUT2D eigenvalue weighted by molar-refractivity contribution is 7.99. The van der Waals surface area contributed by atoms with Gasteiger partial charge < -0.3 is 10.6 Å². The first kappa shape index (κ1) is 20.7. The van der Waals surface area contributed by atoms with Crippen LogP contribution in [0.5, 0.6) is 0 Å². The third kappa shape index (κ3) is 5.74.